The summed E-state index contributed by atoms with van der Waals surface area (Å²) in [6, 6.07) is 8.57. The number of rotatable bonds is 6. The number of fused-ring (bicyclic) bond motifs is 2. The van der Waals surface area contributed by atoms with Crippen LogP contribution in [0.3, 0.4) is 0 Å². The van der Waals surface area contributed by atoms with Gasteiger partial charge in [0.15, 0.2) is 0 Å². The van der Waals surface area contributed by atoms with E-state index in [-0.39, 0.29) is 29.9 Å². The van der Waals surface area contributed by atoms with Gasteiger partial charge in [-0.2, -0.15) is 13.2 Å². The first-order valence-electron chi connectivity index (χ1n) is 14.2. The molecule has 12 heteroatoms. The topological polar surface area (TPSA) is 90.9 Å². The van der Waals surface area contributed by atoms with Crippen LogP contribution in [0, 0.1) is 13.8 Å². The third-order valence-corrected chi connectivity index (χ3v) is 8.51. The van der Waals surface area contributed by atoms with Crippen LogP contribution < -0.4 is 20.0 Å². The van der Waals surface area contributed by atoms with Crippen molar-refractivity contribution in [1.29, 1.82) is 0 Å². The van der Waals surface area contributed by atoms with E-state index in [0.717, 1.165) is 51.6 Å². The molecular weight excluding hydrogens is 561 g/mol. The number of aryl methyl sites for hydroxylation is 2. The van der Waals surface area contributed by atoms with E-state index in [1.807, 2.05) is 38.4 Å². The van der Waals surface area contributed by atoms with Gasteiger partial charge in [-0.05, 0) is 61.2 Å². The highest BCUT2D eigenvalue weighted by atomic mass is 19.4. The van der Waals surface area contributed by atoms with E-state index in [1.165, 1.54) is 11.8 Å². The second kappa shape index (κ2) is 10.6. The Labute approximate surface area is 247 Å². The van der Waals surface area contributed by atoms with Crippen LogP contribution >= 0.6 is 0 Å². The molecule has 0 radical (unpaired) electrons. The SMILES string of the molecule is Cc1cc(C(F)(F)F)cc(N2C(=O)CC[C@H]2C(=O)N(C)c2cccc(C)c2N(C)Cc2cnc3c(c2)CNC32COC2)n1. The highest BCUT2D eigenvalue weighted by Crippen LogP contribution is 2.38. The Hall–Kier alpha value is -4.03. The second-order valence-electron chi connectivity index (χ2n) is 11.6. The zero-order chi connectivity index (χ0) is 30.7. The van der Waals surface area contributed by atoms with E-state index in [0.29, 0.717) is 25.4 Å². The first-order valence-corrected chi connectivity index (χ1v) is 14.2. The number of pyridine rings is 2. The average molecular weight is 595 g/mol. The van der Waals surface area contributed by atoms with Crippen molar-refractivity contribution >= 4 is 29.0 Å². The lowest BCUT2D eigenvalue weighted by molar-refractivity contribution is -0.137. The number of carbonyl (C=O) groups excluding carboxylic acids is 2. The molecule has 0 aliphatic carbocycles. The summed E-state index contributed by atoms with van der Waals surface area (Å²) in [5.74, 6) is -1.01. The number of anilines is 3. The molecule has 2 fully saturated rings. The van der Waals surface area contributed by atoms with Gasteiger partial charge in [0, 0.05) is 45.5 Å². The van der Waals surface area contributed by atoms with Gasteiger partial charge in [0.05, 0.1) is 35.8 Å². The maximum atomic E-state index is 13.9. The molecule has 43 heavy (non-hydrogen) atoms. The summed E-state index contributed by atoms with van der Waals surface area (Å²) in [7, 11) is 3.57. The van der Waals surface area contributed by atoms with Crippen LogP contribution in [0.25, 0.3) is 0 Å². The minimum absolute atomic E-state index is 0.0371. The monoisotopic (exact) mass is 594 g/mol. The van der Waals surface area contributed by atoms with Gasteiger partial charge in [-0.25, -0.2) is 4.98 Å². The average Bonchev–Trinajstić information content (AvgIpc) is 3.51. The van der Waals surface area contributed by atoms with Crippen molar-refractivity contribution in [1.82, 2.24) is 15.3 Å². The number of amides is 2. The fourth-order valence-corrected chi connectivity index (χ4v) is 6.35. The van der Waals surface area contributed by atoms with Crippen LogP contribution in [0.15, 0.2) is 42.6 Å². The third kappa shape index (κ3) is 5.12. The summed E-state index contributed by atoms with van der Waals surface area (Å²) in [6.45, 7) is 5.89. The molecule has 1 spiro atoms. The maximum absolute atomic E-state index is 13.9. The number of alkyl halides is 3. The molecule has 0 saturated carbocycles. The quantitative estimate of drug-likeness (QED) is 0.457. The van der Waals surface area contributed by atoms with Gasteiger partial charge in [-0.1, -0.05) is 12.1 Å². The Balaban J connectivity index is 1.26. The van der Waals surface area contributed by atoms with Crippen LogP contribution in [-0.4, -0.2) is 55.1 Å². The first-order chi connectivity index (χ1) is 20.4. The fraction of sp³-hybridized carbons (Fsp3) is 0.419. The number of benzene rings is 1. The molecule has 3 aliphatic rings. The lowest BCUT2D eigenvalue weighted by Gasteiger charge is -2.38. The molecule has 1 N–H and O–H groups in total. The molecular formula is C31H33F3N6O3. The van der Waals surface area contributed by atoms with Gasteiger partial charge in [-0.3, -0.25) is 24.8 Å². The van der Waals surface area contributed by atoms with Crippen LogP contribution in [-0.2, 0) is 39.1 Å². The number of hydrogen-bond acceptors (Lipinski definition) is 7. The van der Waals surface area contributed by atoms with Crippen molar-refractivity contribution in [3.05, 3.63) is 76.2 Å². The molecule has 9 nitrogen and oxygen atoms in total. The summed E-state index contributed by atoms with van der Waals surface area (Å²) in [5.41, 5.74) is 4.61. The Morgan fingerprint density at radius 3 is 2.65 bits per heavy atom. The molecule has 3 aliphatic heterocycles. The minimum Gasteiger partial charge on any atom is -0.377 e. The second-order valence-corrected chi connectivity index (χ2v) is 11.6. The Morgan fingerprint density at radius 2 is 1.95 bits per heavy atom. The van der Waals surface area contributed by atoms with Crippen molar-refractivity contribution < 1.29 is 27.5 Å². The smallest absolute Gasteiger partial charge is 0.377 e. The molecule has 0 unspecified atom stereocenters. The lowest BCUT2D eigenvalue weighted by Crippen LogP contribution is -2.54. The number of halogens is 3. The highest BCUT2D eigenvalue weighted by Gasteiger charge is 2.46. The Kier molecular flexibility index (Phi) is 7.16. The molecule has 2 aromatic heterocycles. The van der Waals surface area contributed by atoms with E-state index < -0.39 is 29.6 Å². The molecule has 6 rings (SSSR count). The first kappa shape index (κ1) is 29.1. The number of hydrogen-bond donors (Lipinski definition) is 1. The molecule has 2 amide bonds. The zero-order valence-electron chi connectivity index (χ0n) is 24.5. The summed E-state index contributed by atoms with van der Waals surface area (Å²) in [4.78, 5) is 40.5. The van der Waals surface area contributed by atoms with Gasteiger partial charge in [0.1, 0.15) is 17.4 Å². The van der Waals surface area contributed by atoms with E-state index in [9.17, 15) is 22.8 Å². The van der Waals surface area contributed by atoms with Crippen molar-refractivity contribution in [3.63, 3.8) is 0 Å². The number of para-hydroxylation sites is 1. The summed E-state index contributed by atoms with van der Waals surface area (Å²) < 4.78 is 46.1. The van der Waals surface area contributed by atoms with Crippen LogP contribution in [0.1, 0.15) is 46.5 Å². The van der Waals surface area contributed by atoms with Crippen LogP contribution in [0.2, 0.25) is 0 Å². The van der Waals surface area contributed by atoms with Gasteiger partial charge in [0.25, 0.3) is 0 Å². The number of ether oxygens (including phenoxy) is 1. The third-order valence-electron chi connectivity index (χ3n) is 8.51. The number of nitrogens with zero attached hydrogens (tertiary/aromatic N) is 5. The van der Waals surface area contributed by atoms with Crippen LogP contribution in [0.4, 0.5) is 30.4 Å². The van der Waals surface area contributed by atoms with Crippen molar-refractivity contribution in [3.8, 4) is 0 Å². The van der Waals surface area contributed by atoms with E-state index in [1.54, 1.807) is 7.05 Å². The molecule has 226 valence electrons. The Bertz CT molecular complexity index is 1610. The molecule has 3 aromatic rings. The summed E-state index contributed by atoms with van der Waals surface area (Å²) in [5, 5.41) is 3.52. The van der Waals surface area contributed by atoms with E-state index in [4.69, 9.17) is 9.72 Å². The van der Waals surface area contributed by atoms with Crippen molar-refractivity contribution in [2.75, 3.05) is 42.0 Å². The van der Waals surface area contributed by atoms with E-state index in [2.05, 4.69) is 21.3 Å². The van der Waals surface area contributed by atoms with E-state index >= 15 is 0 Å². The molecule has 5 heterocycles. The summed E-state index contributed by atoms with van der Waals surface area (Å²) >= 11 is 0. The van der Waals surface area contributed by atoms with Gasteiger partial charge >= 0.3 is 6.18 Å². The van der Waals surface area contributed by atoms with Gasteiger partial charge in [-0.15, -0.1) is 0 Å². The van der Waals surface area contributed by atoms with Crippen molar-refractivity contribution in [2.24, 2.45) is 0 Å². The minimum atomic E-state index is -4.61. The van der Waals surface area contributed by atoms with Crippen molar-refractivity contribution in [2.45, 2.75) is 57.5 Å². The number of likely N-dealkylation sites (N-methyl/N-ethyl adjacent to an activating group) is 1. The van der Waals surface area contributed by atoms with Gasteiger partial charge < -0.3 is 14.5 Å². The predicted octanol–water partition coefficient (Wildman–Crippen LogP) is 4.24. The fourth-order valence-electron chi connectivity index (χ4n) is 6.35. The van der Waals surface area contributed by atoms with Gasteiger partial charge in [0.2, 0.25) is 11.8 Å². The highest BCUT2D eigenvalue weighted by molar-refractivity contribution is 6.09. The lowest BCUT2D eigenvalue weighted by atomic mass is 9.93. The molecule has 1 atom stereocenters. The maximum Gasteiger partial charge on any atom is 0.416 e. The molecule has 0 bridgehead atoms. The standard InChI is InChI=1S/C31H33F3N6O3/c1-18-6-5-7-23(27(18)38(3)15-20-11-21-14-36-30(16-43-17-30)28(21)35-13-20)39(4)29(42)24-8-9-26(41)40(24)25-12-22(31(32,33)34)10-19(2)37-25/h5-7,10-13,24,36H,8-9,14-17H2,1-4H3/t24-/m0/s1. The Morgan fingerprint density at radius 1 is 1.19 bits per heavy atom. The molecule has 2 saturated heterocycles. The summed E-state index contributed by atoms with van der Waals surface area (Å²) in [6.07, 6.45) is -2.52. The predicted molar refractivity (Wildman–Crippen MR) is 155 cm³/mol. The number of carbonyl (C=O) groups is 2. The number of aromatic nitrogens is 2. The van der Waals surface area contributed by atoms with Crippen LogP contribution in [0.5, 0.6) is 0 Å². The zero-order valence-corrected chi connectivity index (χ0v) is 24.5. The molecule has 1 aromatic carbocycles. The number of nitrogens with one attached hydrogen (secondary N) is 1. The normalized spacial score (nSPS) is 19.0. The largest absolute Gasteiger partial charge is 0.416 e.